The fraction of sp³-hybridized carbons (Fsp3) is 0.222. The van der Waals surface area contributed by atoms with E-state index in [1.807, 2.05) is 0 Å². The molecule has 25 heavy (non-hydrogen) atoms. The molecule has 132 valence electrons. The van der Waals surface area contributed by atoms with Crippen LogP contribution < -0.4 is 10.1 Å². The number of rotatable bonds is 7. The van der Waals surface area contributed by atoms with Crippen LogP contribution >= 0.6 is 0 Å². The van der Waals surface area contributed by atoms with E-state index in [1.165, 1.54) is 49.6 Å². The van der Waals surface area contributed by atoms with Gasteiger partial charge in [0.15, 0.2) is 18.2 Å². The summed E-state index contributed by atoms with van der Waals surface area (Å²) in [6.45, 7) is -0.431. The highest BCUT2D eigenvalue weighted by Crippen LogP contribution is 2.19. The molecule has 2 rings (SSSR count). The van der Waals surface area contributed by atoms with Gasteiger partial charge >= 0.3 is 5.97 Å². The Hall–Kier alpha value is -2.96. The van der Waals surface area contributed by atoms with Crippen LogP contribution in [0.15, 0.2) is 48.5 Å². The molecule has 5 nitrogen and oxygen atoms in total. The molecule has 1 amide bonds. The molecule has 2 aromatic carbocycles. The van der Waals surface area contributed by atoms with Crippen LogP contribution in [0.1, 0.15) is 18.0 Å². The number of ether oxygens (including phenoxy) is 2. The molecule has 1 unspecified atom stereocenters. The molecule has 2 aromatic rings. The van der Waals surface area contributed by atoms with Crippen molar-refractivity contribution in [2.24, 2.45) is 0 Å². The fourth-order valence-electron chi connectivity index (χ4n) is 2.14. The largest absolute Gasteiger partial charge is 0.481 e. The van der Waals surface area contributed by atoms with Gasteiger partial charge in [0.2, 0.25) is 0 Å². The molecule has 0 radical (unpaired) electrons. The highest BCUT2D eigenvalue weighted by atomic mass is 19.1. The van der Waals surface area contributed by atoms with Crippen molar-refractivity contribution in [2.75, 3.05) is 13.7 Å². The average Bonchev–Trinajstić information content (AvgIpc) is 2.61. The number of carbonyl (C=O) groups is 2. The normalized spacial score (nSPS) is 11.5. The van der Waals surface area contributed by atoms with Crippen LogP contribution in [0.5, 0.6) is 5.75 Å². The molecule has 0 fully saturated rings. The van der Waals surface area contributed by atoms with Crippen molar-refractivity contribution in [1.29, 1.82) is 0 Å². The minimum atomic E-state index is -0.718. The summed E-state index contributed by atoms with van der Waals surface area (Å²) in [5, 5.41) is 2.60. The van der Waals surface area contributed by atoms with Gasteiger partial charge in [-0.05, 0) is 29.8 Å². The second-order valence-electron chi connectivity index (χ2n) is 5.17. The zero-order valence-electron chi connectivity index (χ0n) is 13.5. The Morgan fingerprint density at radius 1 is 1.08 bits per heavy atom. The first-order valence-electron chi connectivity index (χ1n) is 7.48. The smallest absolute Gasteiger partial charge is 0.307 e. The number of carbonyl (C=O) groups excluding carboxylic acids is 2. The van der Waals surface area contributed by atoms with Crippen LogP contribution in [0.2, 0.25) is 0 Å². The minimum Gasteiger partial charge on any atom is -0.481 e. The van der Waals surface area contributed by atoms with Gasteiger partial charge in [0.05, 0.1) is 19.6 Å². The van der Waals surface area contributed by atoms with Gasteiger partial charge in [0, 0.05) is 0 Å². The topological polar surface area (TPSA) is 64.6 Å². The summed E-state index contributed by atoms with van der Waals surface area (Å²) >= 11 is 0. The number of esters is 1. The monoisotopic (exact) mass is 349 g/mol. The van der Waals surface area contributed by atoms with Gasteiger partial charge in [-0.2, -0.15) is 0 Å². The molecule has 0 aliphatic heterocycles. The SMILES string of the molecule is COC(=O)CC(NC(=O)COc1ccccc1F)c1ccc(F)cc1. The highest BCUT2D eigenvalue weighted by molar-refractivity contribution is 5.79. The van der Waals surface area contributed by atoms with Crippen LogP contribution in [0, 0.1) is 11.6 Å². The van der Waals surface area contributed by atoms with Crippen LogP contribution in [0.4, 0.5) is 8.78 Å². The van der Waals surface area contributed by atoms with E-state index in [2.05, 4.69) is 10.1 Å². The molecule has 0 bridgehead atoms. The first-order chi connectivity index (χ1) is 12.0. The van der Waals surface area contributed by atoms with Gasteiger partial charge in [-0.3, -0.25) is 9.59 Å². The van der Waals surface area contributed by atoms with E-state index in [0.29, 0.717) is 5.56 Å². The Kier molecular flexibility index (Phi) is 6.45. The number of methoxy groups -OCH3 is 1. The van der Waals surface area contributed by atoms with Gasteiger partial charge in [-0.15, -0.1) is 0 Å². The summed E-state index contributed by atoms with van der Waals surface area (Å²) in [5.74, 6) is -2.16. The number of benzene rings is 2. The summed E-state index contributed by atoms with van der Waals surface area (Å²) in [4.78, 5) is 23.6. The third-order valence-electron chi connectivity index (χ3n) is 3.40. The zero-order valence-corrected chi connectivity index (χ0v) is 13.5. The molecule has 0 aromatic heterocycles. The number of hydrogen-bond donors (Lipinski definition) is 1. The first-order valence-corrected chi connectivity index (χ1v) is 7.48. The van der Waals surface area contributed by atoms with Crippen LogP contribution in [-0.4, -0.2) is 25.6 Å². The maximum atomic E-state index is 13.5. The minimum absolute atomic E-state index is 0.0519. The van der Waals surface area contributed by atoms with Crippen molar-refractivity contribution in [2.45, 2.75) is 12.5 Å². The third kappa shape index (κ3) is 5.56. The van der Waals surface area contributed by atoms with Gasteiger partial charge in [0.1, 0.15) is 5.82 Å². The number of hydrogen-bond acceptors (Lipinski definition) is 4. The van der Waals surface area contributed by atoms with E-state index in [-0.39, 0.29) is 12.2 Å². The van der Waals surface area contributed by atoms with E-state index in [4.69, 9.17) is 4.74 Å². The number of nitrogens with one attached hydrogen (secondary N) is 1. The molecule has 1 N–H and O–H groups in total. The number of para-hydroxylation sites is 1. The van der Waals surface area contributed by atoms with Crippen molar-refractivity contribution < 1.29 is 27.8 Å². The highest BCUT2D eigenvalue weighted by Gasteiger charge is 2.19. The van der Waals surface area contributed by atoms with Gasteiger partial charge < -0.3 is 14.8 Å². The Labute approximate surface area is 143 Å². The maximum Gasteiger partial charge on any atom is 0.307 e. The molecule has 0 aliphatic carbocycles. The summed E-state index contributed by atoms with van der Waals surface area (Å²) in [6.07, 6.45) is -0.131. The van der Waals surface area contributed by atoms with E-state index in [9.17, 15) is 18.4 Å². The molecule has 0 saturated heterocycles. The van der Waals surface area contributed by atoms with E-state index < -0.39 is 36.2 Å². The summed E-state index contributed by atoms with van der Waals surface area (Å²) in [5.41, 5.74) is 0.533. The van der Waals surface area contributed by atoms with Crippen molar-refractivity contribution in [3.8, 4) is 5.75 Å². The van der Waals surface area contributed by atoms with E-state index >= 15 is 0 Å². The van der Waals surface area contributed by atoms with Crippen LogP contribution in [0.3, 0.4) is 0 Å². The Morgan fingerprint density at radius 2 is 1.76 bits per heavy atom. The number of halogens is 2. The lowest BCUT2D eigenvalue weighted by atomic mass is 10.0. The van der Waals surface area contributed by atoms with Crippen molar-refractivity contribution in [3.63, 3.8) is 0 Å². The van der Waals surface area contributed by atoms with Crippen molar-refractivity contribution in [3.05, 3.63) is 65.7 Å². The molecule has 7 heteroatoms. The summed E-state index contributed by atoms with van der Waals surface area (Å²) in [7, 11) is 1.23. The molecule has 0 spiro atoms. The van der Waals surface area contributed by atoms with Gasteiger partial charge in [-0.1, -0.05) is 24.3 Å². The molecular weight excluding hydrogens is 332 g/mol. The quantitative estimate of drug-likeness (QED) is 0.781. The zero-order chi connectivity index (χ0) is 18.2. The van der Waals surface area contributed by atoms with Gasteiger partial charge in [-0.25, -0.2) is 8.78 Å². The predicted octanol–water partition coefficient (Wildman–Crippen LogP) is 2.76. The van der Waals surface area contributed by atoms with E-state index in [0.717, 1.165) is 0 Å². The molecule has 0 saturated carbocycles. The van der Waals surface area contributed by atoms with Gasteiger partial charge in [0.25, 0.3) is 5.91 Å². The first kappa shape index (κ1) is 18.4. The van der Waals surface area contributed by atoms with Crippen molar-refractivity contribution in [1.82, 2.24) is 5.32 Å². The average molecular weight is 349 g/mol. The lowest BCUT2D eigenvalue weighted by molar-refractivity contribution is -0.141. The second-order valence-corrected chi connectivity index (χ2v) is 5.17. The lowest BCUT2D eigenvalue weighted by Crippen LogP contribution is -2.34. The Bertz CT molecular complexity index is 734. The van der Waals surface area contributed by atoms with Crippen LogP contribution in [-0.2, 0) is 14.3 Å². The van der Waals surface area contributed by atoms with Crippen LogP contribution in [0.25, 0.3) is 0 Å². The summed E-state index contributed by atoms with van der Waals surface area (Å²) in [6, 6.07) is 10.3. The lowest BCUT2D eigenvalue weighted by Gasteiger charge is -2.18. The third-order valence-corrected chi connectivity index (χ3v) is 3.40. The number of amides is 1. The Balaban J connectivity index is 2.02. The standard InChI is InChI=1S/C18H17F2NO4/c1-24-18(23)10-15(12-6-8-13(19)9-7-12)21-17(22)11-25-16-5-3-2-4-14(16)20/h2-9,15H,10-11H2,1H3,(H,21,22). The molecular formula is C18H17F2NO4. The van der Waals surface area contributed by atoms with Crippen molar-refractivity contribution >= 4 is 11.9 Å². The molecule has 0 heterocycles. The van der Waals surface area contributed by atoms with E-state index in [1.54, 1.807) is 6.07 Å². The molecule has 0 aliphatic rings. The molecule has 1 atom stereocenters. The maximum absolute atomic E-state index is 13.5. The second kappa shape index (κ2) is 8.77. The summed E-state index contributed by atoms with van der Waals surface area (Å²) < 4.78 is 36.3. The fourth-order valence-corrected chi connectivity index (χ4v) is 2.14. The predicted molar refractivity (Wildman–Crippen MR) is 85.8 cm³/mol. The Morgan fingerprint density at radius 3 is 2.40 bits per heavy atom.